The van der Waals surface area contributed by atoms with Gasteiger partial charge in [-0.25, -0.2) is 13.1 Å². The monoisotopic (exact) mass is 281 g/mol. The number of hydrogen-bond donors (Lipinski definition) is 3. The molecule has 0 bridgehead atoms. The van der Waals surface area contributed by atoms with Gasteiger partial charge in [-0.3, -0.25) is 10.1 Å². The van der Waals surface area contributed by atoms with Crippen LogP contribution in [-0.2, 0) is 23.1 Å². The standard InChI is InChI=1S/C11H15N5O2S/c1-8-2-3-9(5-13-8)6-15-19(17,18)11-10(4-12)7-14-16-11/h2-3,5,7,15H,4,6,12H2,1H3,(H,14,16). The lowest BCUT2D eigenvalue weighted by Gasteiger charge is -2.06. The minimum Gasteiger partial charge on any atom is -0.326 e. The van der Waals surface area contributed by atoms with Gasteiger partial charge in [-0.1, -0.05) is 6.07 Å². The van der Waals surface area contributed by atoms with Crippen molar-refractivity contribution in [1.82, 2.24) is 19.9 Å². The first-order chi connectivity index (χ1) is 9.03. The van der Waals surface area contributed by atoms with Crippen LogP contribution < -0.4 is 10.5 Å². The molecule has 19 heavy (non-hydrogen) atoms. The van der Waals surface area contributed by atoms with Crippen LogP contribution in [0.1, 0.15) is 16.8 Å². The number of aromatic amines is 1. The molecular formula is C11H15N5O2S. The molecule has 0 unspecified atom stereocenters. The summed E-state index contributed by atoms with van der Waals surface area (Å²) in [7, 11) is -3.64. The van der Waals surface area contributed by atoms with Crippen molar-refractivity contribution in [2.24, 2.45) is 5.73 Å². The summed E-state index contributed by atoms with van der Waals surface area (Å²) >= 11 is 0. The molecule has 0 radical (unpaired) electrons. The Bertz CT molecular complexity index is 648. The number of nitrogens with two attached hydrogens (primary N) is 1. The molecule has 0 atom stereocenters. The number of rotatable bonds is 5. The third-order valence-electron chi connectivity index (χ3n) is 2.61. The highest BCUT2D eigenvalue weighted by atomic mass is 32.2. The molecule has 0 saturated heterocycles. The van der Waals surface area contributed by atoms with E-state index in [1.165, 1.54) is 6.20 Å². The number of nitrogens with one attached hydrogen (secondary N) is 2. The van der Waals surface area contributed by atoms with Crippen molar-refractivity contribution < 1.29 is 8.42 Å². The van der Waals surface area contributed by atoms with E-state index in [9.17, 15) is 8.42 Å². The fourth-order valence-corrected chi connectivity index (χ4v) is 2.69. The zero-order valence-electron chi connectivity index (χ0n) is 10.4. The lowest BCUT2D eigenvalue weighted by atomic mass is 10.2. The summed E-state index contributed by atoms with van der Waals surface area (Å²) in [5.41, 5.74) is 7.57. The predicted octanol–water partition coefficient (Wildman–Crippen LogP) is 0.0503. The van der Waals surface area contributed by atoms with Crippen LogP contribution >= 0.6 is 0 Å². The number of hydrogen-bond acceptors (Lipinski definition) is 5. The fraction of sp³-hybridized carbons (Fsp3) is 0.273. The van der Waals surface area contributed by atoms with Gasteiger partial charge >= 0.3 is 0 Å². The predicted molar refractivity (Wildman–Crippen MR) is 69.5 cm³/mol. The first-order valence-corrected chi connectivity index (χ1v) is 7.15. The second-order valence-corrected chi connectivity index (χ2v) is 5.76. The Morgan fingerprint density at radius 2 is 2.16 bits per heavy atom. The minimum absolute atomic E-state index is 0.00932. The van der Waals surface area contributed by atoms with Crippen molar-refractivity contribution in [3.8, 4) is 0 Å². The Hall–Kier alpha value is -1.77. The normalized spacial score (nSPS) is 11.7. The first kappa shape index (κ1) is 13.7. The Kier molecular flexibility index (Phi) is 3.93. The summed E-state index contributed by atoms with van der Waals surface area (Å²) in [6.07, 6.45) is 3.04. The summed E-state index contributed by atoms with van der Waals surface area (Å²) in [6, 6.07) is 3.65. The maximum absolute atomic E-state index is 12.1. The van der Waals surface area contributed by atoms with Gasteiger partial charge in [0.1, 0.15) is 0 Å². The van der Waals surface area contributed by atoms with Gasteiger partial charge in [-0.2, -0.15) is 5.10 Å². The van der Waals surface area contributed by atoms with Crippen molar-refractivity contribution in [3.63, 3.8) is 0 Å². The maximum Gasteiger partial charge on any atom is 0.258 e. The summed E-state index contributed by atoms with van der Waals surface area (Å²) in [5, 5.41) is 6.14. The number of aryl methyl sites for hydroxylation is 1. The first-order valence-electron chi connectivity index (χ1n) is 5.66. The van der Waals surface area contributed by atoms with E-state index in [0.717, 1.165) is 11.3 Å². The molecule has 4 N–H and O–H groups in total. The topological polar surface area (TPSA) is 114 Å². The van der Waals surface area contributed by atoms with E-state index < -0.39 is 10.0 Å². The van der Waals surface area contributed by atoms with E-state index in [4.69, 9.17) is 5.73 Å². The Labute approximate surface area is 111 Å². The number of aromatic nitrogens is 3. The van der Waals surface area contributed by atoms with Crippen molar-refractivity contribution in [1.29, 1.82) is 0 Å². The molecule has 8 heteroatoms. The SMILES string of the molecule is Cc1ccc(CNS(=O)(=O)c2[nH]ncc2CN)cn1. The lowest BCUT2D eigenvalue weighted by molar-refractivity contribution is 0.575. The van der Waals surface area contributed by atoms with Gasteiger partial charge < -0.3 is 5.73 Å². The molecule has 2 rings (SSSR count). The molecule has 0 aliphatic rings. The average Bonchev–Trinajstić information content (AvgIpc) is 2.87. The van der Waals surface area contributed by atoms with Gasteiger partial charge in [0, 0.05) is 30.5 Å². The Morgan fingerprint density at radius 3 is 2.79 bits per heavy atom. The van der Waals surface area contributed by atoms with Gasteiger partial charge in [0.05, 0.1) is 6.20 Å². The van der Waals surface area contributed by atoms with Crippen LogP contribution in [-0.4, -0.2) is 23.6 Å². The molecule has 102 valence electrons. The van der Waals surface area contributed by atoms with Crippen molar-refractivity contribution in [2.75, 3.05) is 0 Å². The fourth-order valence-electron chi connectivity index (χ4n) is 1.53. The van der Waals surface area contributed by atoms with Crippen LogP contribution in [0, 0.1) is 6.92 Å². The van der Waals surface area contributed by atoms with Crippen LogP contribution in [0.4, 0.5) is 0 Å². The van der Waals surface area contributed by atoms with E-state index >= 15 is 0 Å². The second kappa shape index (κ2) is 5.47. The summed E-state index contributed by atoms with van der Waals surface area (Å²) in [5.74, 6) is 0. The molecule has 2 heterocycles. The smallest absolute Gasteiger partial charge is 0.258 e. The molecular weight excluding hydrogens is 266 g/mol. The van der Waals surface area contributed by atoms with Gasteiger partial charge in [0.25, 0.3) is 10.0 Å². The molecule has 0 aliphatic heterocycles. The third-order valence-corrected chi connectivity index (χ3v) is 4.02. The highest BCUT2D eigenvalue weighted by Gasteiger charge is 2.19. The van der Waals surface area contributed by atoms with Crippen molar-refractivity contribution in [2.45, 2.75) is 25.0 Å². The molecule has 0 aliphatic carbocycles. The second-order valence-electron chi connectivity index (χ2n) is 4.06. The molecule has 0 fully saturated rings. The van der Waals surface area contributed by atoms with Gasteiger partial charge in [-0.05, 0) is 18.6 Å². The minimum atomic E-state index is -3.64. The number of H-pyrrole nitrogens is 1. The van der Waals surface area contributed by atoms with E-state index in [1.807, 2.05) is 19.1 Å². The number of nitrogens with zero attached hydrogens (tertiary/aromatic N) is 2. The van der Waals surface area contributed by atoms with E-state index in [0.29, 0.717) is 5.56 Å². The molecule has 2 aromatic rings. The van der Waals surface area contributed by atoms with Crippen molar-refractivity contribution in [3.05, 3.63) is 41.3 Å². The van der Waals surface area contributed by atoms with Crippen LogP contribution in [0.3, 0.4) is 0 Å². The lowest BCUT2D eigenvalue weighted by Crippen LogP contribution is -2.25. The number of pyridine rings is 1. The molecule has 0 aromatic carbocycles. The van der Waals surface area contributed by atoms with Gasteiger partial charge in [-0.15, -0.1) is 0 Å². The maximum atomic E-state index is 12.1. The molecule has 7 nitrogen and oxygen atoms in total. The van der Waals surface area contributed by atoms with Crippen LogP contribution in [0.2, 0.25) is 0 Å². The Morgan fingerprint density at radius 1 is 1.37 bits per heavy atom. The third kappa shape index (κ3) is 3.16. The van der Waals surface area contributed by atoms with Crippen LogP contribution in [0.25, 0.3) is 0 Å². The van der Waals surface area contributed by atoms with Crippen LogP contribution in [0.15, 0.2) is 29.6 Å². The molecule has 0 saturated carbocycles. The molecule has 0 amide bonds. The van der Waals surface area contributed by atoms with Gasteiger partial charge in [0.15, 0.2) is 5.03 Å². The van der Waals surface area contributed by atoms with E-state index in [1.54, 1.807) is 6.20 Å². The quantitative estimate of drug-likeness (QED) is 0.716. The summed E-state index contributed by atoms with van der Waals surface area (Å²) in [4.78, 5) is 4.10. The summed E-state index contributed by atoms with van der Waals surface area (Å²) in [6.45, 7) is 2.14. The highest BCUT2D eigenvalue weighted by Crippen LogP contribution is 2.11. The van der Waals surface area contributed by atoms with E-state index in [2.05, 4.69) is 19.9 Å². The summed E-state index contributed by atoms with van der Waals surface area (Å²) < 4.78 is 26.6. The zero-order chi connectivity index (χ0) is 13.9. The van der Waals surface area contributed by atoms with E-state index in [-0.39, 0.29) is 18.1 Å². The highest BCUT2D eigenvalue weighted by molar-refractivity contribution is 7.89. The van der Waals surface area contributed by atoms with Crippen LogP contribution in [0.5, 0.6) is 0 Å². The zero-order valence-corrected chi connectivity index (χ0v) is 11.2. The Balaban J connectivity index is 2.12. The molecule has 2 aromatic heterocycles. The largest absolute Gasteiger partial charge is 0.326 e. The average molecular weight is 281 g/mol. The van der Waals surface area contributed by atoms with Crippen molar-refractivity contribution >= 4 is 10.0 Å². The van der Waals surface area contributed by atoms with Gasteiger partial charge in [0.2, 0.25) is 0 Å². The molecule has 0 spiro atoms. The number of sulfonamides is 1.